The third-order valence-electron chi connectivity index (χ3n) is 7.11. The number of aromatic carboxylic acids is 1. The number of nitrogens with zero attached hydrogens (tertiary/aromatic N) is 2. The summed E-state index contributed by atoms with van der Waals surface area (Å²) in [4.78, 5) is 25.4. The maximum Gasteiger partial charge on any atom is 0.490 e. The lowest BCUT2D eigenvalue weighted by atomic mass is 9.94. The smallest absolute Gasteiger partial charge is 0.478 e. The molecule has 0 bridgehead atoms. The number of alkyl halides is 3. The SMILES string of the molecule is Cc1ccc(C)c(S(=O)(=O)Nc2cc(C(=O)O)ccc2N2CCN(C3CCCCC3)CC2)c1.O=C(O)C(F)(F)F. The highest BCUT2D eigenvalue weighted by Gasteiger charge is 2.38. The highest BCUT2D eigenvalue weighted by Crippen LogP contribution is 2.32. The maximum atomic E-state index is 13.3. The standard InChI is InChI=1S/C25H33N3O4S.C2HF3O2/c1-18-8-9-19(2)24(16-18)33(31,32)26-22-17-20(25(29)30)10-11-23(22)28-14-12-27(13-15-28)21-6-4-3-5-7-21;3-2(4,5)1(6)7/h8-11,16-17,21,26H,3-7,12-15H2,1-2H3,(H,29,30);(H,6,7). The molecule has 4 rings (SSSR count). The van der Waals surface area contributed by atoms with E-state index >= 15 is 0 Å². The van der Waals surface area contributed by atoms with E-state index in [1.54, 1.807) is 31.2 Å². The molecule has 2 aromatic rings. The quantitative estimate of drug-likeness (QED) is 0.438. The van der Waals surface area contributed by atoms with Gasteiger partial charge < -0.3 is 15.1 Å². The van der Waals surface area contributed by atoms with Gasteiger partial charge in [0.2, 0.25) is 0 Å². The van der Waals surface area contributed by atoms with Crippen LogP contribution in [0.5, 0.6) is 0 Å². The zero-order valence-electron chi connectivity index (χ0n) is 22.4. The van der Waals surface area contributed by atoms with Gasteiger partial charge in [0.25, 0.3) is 10.0 Å². The summed E-state index contributed by atoms with van der Waals surface area (Å²) >= 11 is 0. The van der Waals surface area contributed by atoms with E-state index in [1.807, 2.05) is 13.0 Å². The van der Waals surface area contributed by atoms with Crippen LogP contribution >= 0.6 is 0 Å². The van der Waals surface area contributed by atoms with Gasteiger partial charge in [-0.1, -0.05) is 31.4 Å². The Balaban J connectivity index is 0.000000559. The van der Waals surface area contributed by atoms with Crippen molar-refractivity contribution in [2.45, 2.75) is 63.1 Å². The lowest BCUT2D eigenvalue weighted by molar-refractivity contribution is -0.192. The van der Waals surface area contributed by atoms with Gasteiger partial charge in [-0.25, -0.2) is 18.0 Å². The number of hydrogen-bond donors (Lipinski definition) is 3. The van der Waals surface area contributed by atoms with E-state index in [9.17, 15) is 31.5 Å². The van der Waals surface area contributed by atoms with Gasteiger partial charge >= 0.3 is 18.1 Å². The number of piperazine rings is 1. The molecular formula is C27H34F3N3O6S. The molecule has 1 saturated carbocycles. The lowest BCUT2D eigenvalue weighted by Crippen LogP contribution is -2.51. The van der Waals surface area contributed by atoms with Crippen LogP contribution in [-0.4, -0.2) is 73.9 Å². The highest BCUT2D eigenvalue weighted by molar-refractivity contribution is 7.92. The molecule has 1 saturated heterocycles. The summed E-state index contributed by atoms with van der Waals surface area (Å²) in [5, 5.41) is 16.6. The highest BCUT2D eigenvalue weighted by atomic mass is 32.2. The van der Waals surface area contributed by atoms with E-state index in [4.69, 9.17) is 9.90 Å². The summed E-state index contributed by atoms with van der Waals surface area (Å²) in [7, 11) is -3.88. The van der Waals surface area contributed by atoms with Crippen molar-refractivity contribution in [1.29, 1.82) is 0 Å². The molecule has 40 heavy (non-hydrogen) atoms. The summed E-state index contributed by atoms with van der Waals surface area (Å²) in [6.45, 7) is 7.01. The van der Waals surface area contributed by atoms with E-state index in [0.717, 1.165) is 37.4 Å². The van der Waals surface area contributed by atoms with Crippen molar-refractivity contribution in [1.82, 2.24) is 4.90 Å². The molecule has 1 aliphatic heterocycles. The largest absolute Gasteiger partial charge is 0.490 e. The number of aryl methyl sites for hydroxylation is 2. The topological polar surface area (TPSA) is 127 Å². The summed E-state index contributed by atoms with van der Waals surface area (Å²) in [6.07, 6.45) is 1.36. The molecule has 0 amide bonds. The van der Waals surface area contributed by atoms with E-state index < -0.39 is 28.1 Å². The van der Waals surface area contributed by atoms with Crippen LogP contribution in [0.3, 0.4) is 0 Å². The predicted molar refractivity (Wildman–Crippen MR) is 144 cm³/mol. The van der Waals surface area contributed by atoms with Crippen LogP contribution in [-0.2, 0) is 14.8 Å². The van der Waals surface area contributed by atoms with Crippen LogP contribution in [0, 0.1) is 13.8 Å². The van der Waals surface area contributed by atoms with Crippen molar-refractivity contribution in [2.24, 2.45) is 0 Å². The fourth-order valence-electron chi connectivity index (χ4n) is 5.00. The van der Waals surface area contributed by atoms with Gasteiger partial charge in [0.15, 0.2) is 0 Å². The van der Waals surface area contributed by atoms with Crippen molar-refractivity contribution in [3.63, 3.8) is 0 Å². The number of anilines is 2. The van der Waals surface area contributed by atoms with E-state index in [-0.39, 0.29) is 10.5 Å². The normalized spacial score (nSPS) is 17.1. The number of rotatable bonds is 6. The maximum absolute atomic E-state index is 13.3. The number of carboxylic acid groups (broad SMARTS) is 2. The number of aliphatic carboxylic acids is 1. The van der Waals surface area contributed by atoms with Crippen molar-refractivity contribution >= 4 is 33.3 Å². The molecule has 2 aromatic carbocycles. The molecule has 1 aliphatic carbocycles. The van der Waals surface area contributed by atoms with E-state index in [1.165, 1.54) is 38.2 Å². The molecule has 1 heterocycles. The summed E-state index contributed by atoms with van der Waals surface area (Å²) < 4.78 is 61.0. The summed E-state index contributed by atoms with van der Waals surface area (Å²) in [5.74, 6) is -3.84. The average Bonchev–Trinajstić information content (AvgIpc) is 2.90. The van der Waals surface area contributed by atoms with Crippen LogP contribution in [0.1, 0.15) is 53.6 Å². The van der Waals surface area contributed by atoms with E-state index in [0.29, 0.717) is 17.3 Å². The molecule has 0 aromatic heterocycles. The number of carbonyl (C=O) groups is 2. The molecule has 0 unspecified atom stereocenters. The Hall–Kier alpha value is -3.32. The van der Waals surface area contributed by atoms with Crippen LogP contribution in [0.4, 0.5) is 24.5 Å². The monoisotopic (exact) mass is 585 g/mol. The first-order chi connectivity index (χ1) is 18.7. The Labute approximate surface area is 231 Å². The minimum atomic E-state index is -5.08. The van der Waals surface area contributed by atoms with Crippen molar-refractivity contribution in [2.75, 3.05) is 35.8 Å². The molecule has 3 N–H and O–H groups in total. The van der Waals surface area contributed by atoms with Crippen LogP contribution in [0.15, 0.2) is 41.3 Å². The van der Waals surface area contributed by atoms with Gasteiger partial charge in [-0.15, -0.1) is 0 Å². The summed E-state index contributed by atoms with van der Waals surface area (Å²) in [5.41, 5.74) is 2.57. The van der Waals surface area contributed by atoms with Gasteiger partial charge in [-0.05, 0) is 62.1 Å². The number of carboxylic acids is 2. The Morgan fingerprint density at radius 2 is 1.52 bits per heavy atom. The Bertz CT molecular complexity index is 1320. The van der Waals surface area contributed by atoms with Crippen LogP contribution < -0.4 is 9.62 Å². The Morgan fingerprint density at radius 1 is 0.925 bits per heavy atom. The average molecular weight is 586 g/mol. The lowest BCUT2D eigenvalue weighted by Gasteiger charge is -2.42. The first-order valence-electron chi connectivity index (χ1n) is 13.0. The minimum absolute atomic E-state index is 0.0539. The Morgan fingerprint density at radius 3 is 2.08 bits per heavy atom. The second-order valence-electron chi connectivity index (χ2n) is 10.0. The third kappa shape index (κ3) is 8.10. The van der Waals surface area contributed by atoms with Gasteiger partial charge in [-0.2, -0.15) is 13.2 Å². The minimum Gasteiger partial charge on any atom is -0.478 e. The molecule has 0 atom stereocenters. The molecule has 0 radical (unpaired) electrons. The van der Waals surface area contributed by atoms with E-state index in [2.05, 4.69) is 14.5 Å². The van der Waals surface area contributed by atoms with Gasteiger partial charge in [0.05, 0.1) is 21.8 Å². The van der Waals surface area contributed by atoms with Gasteiger partial charge in [0, 0.05) is 32.2 Å². The van der Waals surface area contributed by atoms with Crippen molar-refractivity contribution in [3.05, 3.63) is 53.1 Å². The number of halogens is 3. The van der Waals surface area contributed by atoms with Gasteiger partial charge in [0.1, 0.15) is 0 Å². The number of hydrogen-bond acceptors (Lipinski definition) is 6. The number of sulfonamides is 1. The second-order valence-corrected chi connectivity index (χ2v) is 11.7. The zero-order valence-corrected chi connectivity index (χ0v) is 23.2. The molecule has 0 spiro atoms. The summed E-state index contributed by atoms with van der Waals surface area (Å²) in [6, 6.07) is 10.6. The third-order valence-corrected chi connectivity index (χ3v) is 8.62. The molecular weight excluding hydrogens is 551 g/mol. The molecule has 2 aliphatic rings. The van der Waals surface area contributed by atoms with Crippen molar-refractivity contribution in [3.8, 4) is 0 Å². The van der Waals surface area contributed by atoms with Gasteiger partial charge in [-0.3, -0.25) is 9.62 Å². The first-order valence-corrected chi connectivity index (χ1v) is 14.4. The molecule has 220 valence electrons. The van der Waals surface area contributed by atoms with Crippen LogP contribution in [0.2, 0.25) is 0 Å². The Kier molecular flexibility index (Phi) is 10.1. The van der Waals surface area contributed by atoms with Crippen LogP contribution in [0.25, 0.3) is 0 Å². The molecule has 9 nitrogen and oxygen atoms in total. The number of benzene rings is 2. The number of nitrogens with one attached hydrogen (secondary N) is 1. The first kappa shape index (κ1) is 31.2. The predicted octanol–water partition coefficient (Wildman–Crippen LogP) is 4.89. The molecule has 2 fully saturated rings. The fourth-order valence-corrected chi connectivity index (χ4v) is 6.39. The molecule has 13 heteroatoms. The zero-order chi connectivity index (χ0) is 29.7. The fraction of sp³-hybridized carbons (Fsp3) is 0.481. The van der Waals surface area contributed by atoms with Crippen molar-refractivity contribution < 1.29 is 41.4 Å². The second kappa shape index (κ2) is 12.9.